The molecule has 1 aromatic heterocycles. The van der Waals surface area contributed by atoms with Gasteiger partial charge >= 0.3 is 6.18 Å². The second kappa shape index (κ2) is 10.8. The SMILES string of the molecule is O=C(NCC1(c2ccccc2)CCN(CCc2cccc(C(F)(F)F)c2)CC1)c1ccnc(Cl)c1. The van der Waals surface area contributed by atoms with Crippen molar-refractivity contribution in [3.05, 3.63) is 100 Å². The smallest absolute Gasteiger partial charge is 0.351 e. The molecule has 4 nitrogen and oxygen atoms in total. The Morgan fingerprint density at radius 3 is 2.46 bits per heavy atom. The highest BCUT2D eigenvalue weighted by Gasteiger charge is 2.36. The van der Waals surface area contributed by atoms with E-state index in [2.05, 4.69) is 27.3 Å². The molecule has 1 saturated heterocycles. The van der Waals surface area contributed by atoms with E-state index in [0.717, 1.165) is 32.0 Å². The predicted octanol–water partition coefficient (Wildman–Crippen LogP) is 5.76. The molecule has 184 valence electrons. The van der Waals surface area contributed by atoms with Crippen molar-refractivity contribution in [2.45, 2.75) is 30.9 Å². The van der Waals surface area contributed by atoms with Crippen molar-refractivity contribution in [1.29, 1.82) is 0 Å². The van der Waals surface area contributed by atoms with Gasteiger partial charge in [0.2, 0.25) is 0 Å². The van der Waals surface area contributed by atoms with Crippen molar-refractivity contribution in [3.63, 3.8) is 0 Å². The molecular formula is C27H27ClF3N3O. The highest BCUT2D eigenvalue weighted by molar-refractivity contribution is 6.29. The zero-order chi connectivity index (χ0) is 24.9. The Morgan fingerprint density at radius 1 is 1.03 bits per heavy atom. The summed E-state index contributed by atoms with van der Waals surface area (Å²) in [5.74, 6) is -0.198. The van der Waals surface area contributed by atoms with Crippen LogP contribution in [0.5, 0.6) is 0 Å². The maximum Gasteiger partial charge on any atom is 0.416 e. The fourth-order valence-electron chi connectivity index (χ4n) is 4.65. The van der Waals surface area contributed by atoms with Gasteiger partial charge in [0.05, 0.1) is 5.56 Å². The van der Waals surface area contributed by atoms with Crippen molar-refractivity contribution in [3.8, 4) is 0 Å². The minimum absolute atomic E-state index is 0.198. The molecule has 0 aliphatic carbocycles. The van der Waals surface area contributed by atoms with Crippen LogP contribution in [0.25, 0.3) is 0 Å². The van der Waals surface area contributed by atoms with Crippen LogP contribution >= 0.6 is 11.6 Å². The Bertz CT molecular complexity index is 1150. The predicted molar refractivity (Wildman–Crippen MR) is 131 cm³/mol. The molecule has 0 saturated carbocycles. The molecule has 3 aromatic rings. The number of aromatic nitrogens is 1. The molecule has 1 amide bonds. The van der Waals surface area contributed by atoms with Gasteiger partial charge in [-0.15, -0.1) is 0 Å². The van der Waals surface area contributed by atoms with E-state index in [1.807, 2.05) is 18.2 Å². The highest BCUT2D eigenvalue weighted by Crippen LogP contribution is 2.35. The van der Waals surface area contributed by atoms with Crippen LogP contribution in [0.3, 0.4) is 0 Å². The lowest BCUT2D eigenvalue weighted by Crippen LogP contribution is -2.49. The summed E-state index contributed by atoms with van der Waals surface area (Å²) in [7, 11) is 0. The first kappa shape index (κ1) is 25.2. The van der Waals surface area contributed by atoms with Crippen LogP contribution in [-0.4, -0.2) is 42.0 Å². The molecule has 1 fully saturated rings. The molecule has 1 aliphatic heterocycles. The fraction of sp³-hybridized carbons (Fsp3) is 0.333. The van der Waals surface area contributed by atoms with Gasteiger partial charge in [-0.05, 0) is 61.7 Å². The van der Waals surface area contributed by atoms with Crippen LogP contribution in [0.2, 0.25) is 5.15 Å². The number of nitrogens with zero attached hydrogens (tertiary/aromatic N) is 2. The number of pyridine rings is 1. The molecule has 4 rings (SSSR count). The van der Waals surface area contributed by atoms with Gasteiger partial charge in [0.1, 0.15) is 5.15 Å². The Hall–Kier alpha value is -2.90. The third-order valence-corrected chi connectivity index (χ3v) is 6.95. The number of likely N-dealkylation sites (tertiary alicyclic amines) is 1. The van der Waals surface area contributed by atoms with Crippen molar-refractivity contribution >= 4 is 17.5 Å². The molecule has 2 aromatic carbocycles. The van der Waals surface area contributed by atoms with E-state index >= 15 is 0 Å². The van der Waals surface area contributed by atoms with E-state index in [9.17, 15) is 18.0 Å². The zero-order valence-corrected chi connectivity index (χ0v) is 19.9. The number of benzene rings is 2. The number of alkyl halides is 3. The van der Waals surface area contributed by atoms with Crippen LogP contribution in [0.4, 0.5) is 13.2 Å². The summed E-state index contributed by atoms with van der Waals surface area (Å²) in [6.07, 6.45) is -0.606. The maximum atomic E-state index is 13.0. The average Bonchev–Trinajstić information content (AvgIpc) is 2.87. The topological polar surface area (TPSA) is 45.2 Å². The first-order valence-corrected chi connectivity index (χ1v) is 12.0. The van der Waals surface area contributed by atoms with Gasteiger partial charge in [0.25, 0.3) is 5.91 Å². The Kier molecular flexibility index (Phi) is 7.77. The quantitative estimate of drug-likeness (QED) is 0.419. The first-order chi connectivity index (χ1) is 16.7. The molecule has 0 spiro atoms. The number of nitrogens with one attached hydrogen (secondary N) is 1. The minimum Gasteiger partial charge on any atom is -0.351 e. The van der Waals surface area contributed by atoms with Gasteiger partial charge in [-0.25, -0.2) is 4.98 Å². The molecule has 0 bridgehead atoms. The van der Waals surface area contributed by atoms with E-state index in [1.54, 1.807) is 18.2 Å². The number of carbonyl (C=O) groups excluding carboxylic acids is 1. The van der Waals surface area contributed by atoms with Gasteiger partial charge in [0.15, 0.2) is 0 Å². The molecule has 35 heavy (non-hydrogen) atoms. The number of hydrogen-bond donors (Lipinski definition) is 1. The minimum atomic E-state index is -4.33. The molecule has 0 unspecified atom stereocenters. The second-order valence-electron chi connectivity index (χ2n) is 8.99. The molecule has 0 radical (unpaired) electrons. The number of piperidine rings is 1. The van der Waals surface area contributed by atoms with E-state index < -0.39 is 11.7 Å². The lowest BCUT2D eigenvalue weighted by atomic mass is 9.72. The van der Waals surface area contributed by atoms with Crippen LogP contribution < -0.4 is 5.32 Å². The molecule has 2 heterocycles. The van der Waals surface area contributed by atoms with Gasteiger partial charge in [0, 0.05) is 30.3 Å². The third-order valence-electron chi connectivity index (χ3n) is 6.75. The Morgan fingerprint density at radius 2 is 1.77 bits per heavy atom. The number of halogens is 4. The fourth-order valence-corrected chi connectivity index (χ4v) is 4.82. The van der Waals surface area contributed by atoms with Crippen molar-refractivity contribution in [2.24, 2.45) is 0 Å². The van der Waals surface area contributed by atoms with Crippen LogP contribution in [0.1, 0.15) is 39.9 Å². The summed E-state index contributed by atoms with van der Waals surface area (Å²) < 4.78 is 39.1. The second-order valence-corrected chi connectivity index (χ2v) is 9.37. The van der Waals surface area contributed by atoms with Crippen molar-refractivity contribution < 1.29 is 18.0 Å². The van der Waals surface area contributed by atoms with E-state index in [0.29, 0.717) is 30.6 Å². The zero-order valence-electron chi connectivity index (χ0n) is 19.2. The lowest BCUT2D eigenvalue weighted by molar-refractivity contribution is -0.137. The summed E-state index contributed by atoms with van der Waals surface area (Å²) >= 11 is 5.93. The van der Waals surface area contributed by atoms with Gasteiger partial charge < -0.3 is 10.2 Å². The van der Waals surface area contributed by atoms with Crippen LogP contribution in [0.15, 0.2) is 72.9 Å². The summed E-state index contributed by atoms with van der Waals surface area (Å²) in [6, 6.07) is 18.9. The van der Waals surface area contributed by atoms with Gasteiger partial charge in [-0.2, -0.15) is 13.2 Å². The van der Waals surface area contributed by atoms with E-state index in [4.69, 9.17) is 11.6 Å². The number of carbonyl (C=O) groups is 1. The maximum absolute atomic E-state index is 13.0. The normalized spacial score (nSPS) is 16.1. The molecule has 1 aliphatic rings. The van der Waals surface area contributed by atoms with Crippen LogP contribution in [0, 0.1) is 0 Å². The monoisotopic (exact) mass is 501 g/mol. The molecule has 0 atom stereocenters. The van der Waals surface area contributed by atoms with Crippen molar-refractivity contribution in [2.75, 3.05) is 26.2 Å². The molecule has 8 heteroatoms. The molecular weight excluding hydrogens is 475 g/mol. The summed E-state index contributed by atoms with van der Waals surface area (Å²) in [4.78, 5) is 19.0. The standard InChI is InChI=1S/C27H27ClF3N3O/c28-24-18-21(9-13-32-24)25(35)33-19-26(22-6-2-1-3-7-22)11-15-34(16-12-26)14-10-20-5-4-8-23(17-20)27(29,30)31/h1-9,13,17-18H,10-12,14-16,19H2,(H,33,35). The third kappa shape index (κ3) is 6.41. The molecule has 1 N–H and O–H groups in total. The van der Waals surface area contributed by atoms with Gasteiger partial charge in [-0.3, -0.25) is 4.79 Å². The van der Waals surface area contributed by atoms with Gasteiger partial charge in [-0.1, -0.05) is 60.1 Å². The van der Waals surface area contributed by atoms with E-state index in [-0.39, 0.29) is 16.5 Å². The largest absolute Gasteiger partial charge is 0.416 e. The Labute approximate surface area is 208 Å². The highest BCUT2D eigenvalue weighted by atomic mass is 35.5. The number of amides is 1. The van der Waals surface area contributed by atoms with Crippen LogP contribution in [-0.2, 0) is 18.0 Å². The lowest BCUT2D eigenvalue weighted by Gasteiger charge is -2.42. The van der Waals surface area contributed by atoms with Crippen molar-refractivity contribution in [1.82, 2.24) is 15.2 Å². The summed E-state index contributed by atoms with van der Waals surface area (Å²) in [5, 5.41) is 3.35. The average molecular weight is 502 g/mol. The summed E-state index contributed by atoms with van der Waals surface area (Å²) in [6.45, 7) is 2.76. The number of rotatable bonds is 7. The number of hydrogen-bond acceptors (Lipinski definition) is 3. The first-order valence-electron chi connectivity index (χ1n) is 11.6. The Balaban J connectivity index is 1.40. The summed E-state index contributed by atoms with van der Waals surface area (Å²) in [5.41, 5.74) is 1.49. The van der Waals surface area contributed by atoms with E-state index in [1.165, 1.54) is 23.9 Å².